The van der Waals surface area contributed by atoms with Gasteiger partial charge >= 0.3 is 0 Å². The molecule has 0 unspecified atom stereocenters. The van der Waals surface area contributed by atoms with Crippen LogP contribution in [-0.2, 0) is 9.05 Å². The number of aryl methyl sites for hydroxylation is 1. The number of hydrogen-bond acceptors (Lipinski definition) is 4. The van der Waals surface area contributed by atoms with Gasteiger partial charge < -0.3 is 0 Å². The predicted octanol–water partition coefficient (Wildman–Crippen LogP) is 3.36. The molecule has 0 N–H and O–H groups in total. The van der Waals surface area contributed by atoms with Gasteiger partial charge in [-0.05, 0) is 44.8 Å². The Morgan fingerprint density at radius 1 is 1.44 bits per heavy atom. The van der Waals surface area contributed by atoms with E-state index in [0.29, 0.717) is 5.56 Å². The highest BCUT2D eigenvalue weighted by atomic mass is 79.9. The highest BCUT2D eigenvalue weighted by Gasteiger charge is 2.28. The van der Waals surface area contributed by atoms with Gasteiger partial charge in [-0.2, -0.15) is 0 Å². The molecule has 0 heterocycles. The van der Waals surface area contributed by atoms with Crippen molar-refractivity contribution in [3.05, 3.63) is 30.7 Å². The molecule has 0 atom stereocenters. The lowest BCUT2D eigenvalue weighted by Gasteiger charge is -2.06. The van der Waals surface area contributed by atoms with E-state index in [4.69, 9.17) is 10.7 Å². The van der Waals surface area contributed by atoms with Gasteiger partial charge in [0.25, 0.3) is 14.7 Å². The van der Waals surface area contributed by atoms with Crippen LogP contribution in [0.25, 0.3) is 0 Å². The third-order valence-electron chi connectivity index (χ3n) is 1.77. The third kappa shape index (κ3) is 2.55. The molecule has 1 rings (SSSR count). The maximum atomic E-state index is 11.2. The SMILES string of the molecule is Cc1cc(Br)c(S(=O)(=O)Cl)c(Br)c1[N+](=O)[O-]. The van der Waals surface area contributed by atoms with E-state index in [1.807, 2.05) is 0 Å². The highest BCUT2D eigenvalue weighted by molar-refractivity contribution is 9.11. The lowest BCUT2D eigenvalue weighted by Crippen LogP contribution is -2.00. The minimum Gasteiger partial charge on any atom is -0.258 e. The van der Waals surface area contributed by atoms with Crippen molar-refractivity contribution in [2.75, 3.05) is 0 Å². The number of nitro groups is 1. The fourth-order valence-corrected chi connectivity index (χ4v) is 5.56. The van der Waals surface area contributed by atoms with Gasteiger partial charge in [0.05, 0.1) is 4.92 Å². The number of nitro benzene ring substituents is 1. The van der Waals surface area contributed by atoms with Crippen molar-refractivity contribution in [2.45, 2.75) is 11.8 Å². The fraction of sp³-hybridized carbons (Fsp3) is 0.143. The third-order valence-corrected chi connectivity index (χ3v) is 5.06. The second-order valence-corrected chi connectivity index (χ2v) is 7.01. The molecule has 0 radical (unpaired) electrons. The van der Waals surface area contributed by atoms with Gasteiger partial charge in [0.1, 0.15) is 9.37 Å². The first-order valence-corrected chi connectivity index (χ1v) is 7.63. The van der Waals surface area contributed by atoms with E-state index in [1.165, 1.54) is 13.0 Å². The molecule has 1 aromatic carbocycles. The van der Waals surface area contributed by atoms with Crippen molar-refractivity contribution in [1.82, 2.24) is 0 Å². The van der Waals surface area contributed by atoms with Crippen molar-refractivity contribution in [1.29, 1.82) is 0 Å². The van der Waals surface area contributed by atoms with Crippen LogP contribution in [0.1, 0.15) is 5.56 Å². The van der Waals surface area contributed by atoms with Gasteiger partial charge in [-0.25, -0.2) is 8.42 Å². The van der Waals surface area contributed by atoms with Gasteiger partial charge in [0.2, 0.25) is 0 Å². The van der Waals surface area contributed by atoms with Crippen molar-refractivity contribution < 1.29 is 13.3 Å². The quantitative estimate of drug-likeness (QED) is 0.439. The average molecular weight is 393 g/mol. The Bertz CT molecular complexity index is 572. The van der Waals surface area contributed by atoms with Gasteiger partial charge in [-0.15, -0.1) is 0 Å². The standard InChI is InChI=1S/C7H4Br2ClNO4S/c1-3-2-4(8)7(16(10,14)15)5(9)6(3)11(12)13/h2H,1H3. The maximum absolute atomic E-state index is 11.2. The van der Waals surface area contributed by atoms with E-state index in [2.05, 4.69) is 31.9 Å². The molecule has 0 saturated heterocycles. The van der Waals surface area contributed by atoms with E-state index in [0.717, 1.165) is 0 Å². The van der Waals surface area contributed by atoms with Gasteiger partial charge in [0.15, 0.2) is 0 Å². The number of nitrogens with zero attached hydrogens (tertiary/aromatic N) is 1. The monoisotopic (exact) mass is 391 g/mol. The lowest BCUT2D eigenvalue weighted by molar-refractivity contribution is -0.386. The van der Waals surface area contributed by atoms with E-state index in [9.17, 15) is 18.5 Å². The van der Waals surface area contributed by atoms with Crippen LogP contribution in [0.2, 0.25) is 0 Å². The topological polar surface area (TPSA) is 77.3 Å². The first-order chi connectivity index (χ1) is 7.16. The fourth-order valence-electron chi connectivity index (χ4n) is 1.16. The zero-order valence-electron chi connectivity index (χ0n) is 7.70. The van der Waals surface area contributed by atoms with Gasteiger partial charge in [0, 0.05) is 20.7 Å². The summed E-state index contributed by atoms with van der Waals surface area (Å²) in [6, 6.07) is 1.33. The summed E-state index contributed by atoms with van der Waals surface area (Å²) in [6.07, 6.45) is 0. The smallest absolute Gasteiger partial charge is 0.258 e. The molecule has 0 aromatic heterocycles. The van der Waals surface area contributed by atoms with Crippen LogP contribution in [0.3, 0.4) is 0 Å². The Balaban J connectivity index is 3.79. The molecule has 9 heteroatoms. The number of benzene rings is 1. The summed E-state index contributed by atoms with van der Waals surface area (Å²) in [5.74, 6) is 0. The van der Waals surface area contributed by atoms with Crippen LogP contribution in [-0.4, -0.2) is 13.3 Å². The number of rotatable bonds is 2. The van der Waals surface area contributed by atoms with Gasteiger partial charge in [-0.3, -0.25) is 10.1 Å². The summed E-state index contributed by atoms with van der Waals surface area (Å²) in [7, 11) is 1.12. The van der Waals surface area contributed by atoms with Crippen LogP contribution < -0.4 is 0 Å². The van der Waals surface area contributed by atoms with Crippen molar-refractivity contribution >= 4 is 57.3 Å². The van der Waals surface area contributed by atoms with E-state index in [1.54, 1.807) is 0 Å². The minimum absolute atomic E-state index is 0.153. The summed E-state index contributed by atoms with van der Waals surface area (Å²) in [5, 5.41) is 10.8. The molecule has 0 amide bonds. The molecule has 0 bridgehead atoms. The van der Waals surface area contributed by atoms with E-state index >= 15 is 0 Å². The Morgan fingerprint density at radius 2 is 1.94 bits per heavy atom. The number of hydrogen-bond donors (Lipinski definition) is 0. The highest BCUT2D eigenvalue weighted by Crippen LogP contribution is 2.40. The summed E-state index contributed by atoms with van der Waals surface area (Å²) in [5.41, 5.74) is 0.00948. The van der Waals surface area contributed by atoms with Crippen LogP contribution in [0.5, 0.6) is 0 Å². The minimum atomic E-state index is -4.06. The molecule has 5 nitrogen and oxygen atoms in total. The van der Waals surface area contributed by atoms with Crippen LogP contribution in [0, 0.1) is 17.0 Å². The molecule has 0 aliphatic rings. The van der Waals surface area contributed by atoms with Crippen molar-refractivity contribution in [2.24, 2.45) is 0 Å². The van der Waals surface area contributed by atoms with Crippen LogP contribution >= 0.6 is 42.5 Å². The molecular formula is C7H4Br2ClNO4S. The molecule has 0 fully saturated rings. The van der Waals surface area contributed by atoms with Crippen LogP contribution in [0.4, 0.5) is 5.69 Å². The molecule has 88 valence electrons. The molecule has 0 aliphatic heterocycles. The summed E-state index contributed by atoms with van der Waals surface area (Å²) >= 11 is 5.88. The number of halogens is 3. The Kier molecular flexibility index (Phi) is 3.99. The zero-order chi connectivity index (χ0) is 12.7. The Morgan fingerprint density at radius 3 is 2.31 bits per heavy atom. The zero-order valence-corrected chi connectivity index (χ0v) is 12.4. The predicted molar refractivity (Wildman–Crippen MR) is 66.3 cm³/mol. The van der Waals surface area contributed by atoms with Gasteiger partial charge in [-0.1, -0.05) is 0 Å². The largest absolute Gasteiger partial charge is 0.287 e. The Hall–Kier alpha value is -0.180. The normalized spacial score (nSPS) is 11.5. The van der Waals surface area contributed by atoms with E-state index < -0.39 is 14.0 Å². The molecular weight excluding hydrogens is 389 g/mol. The first kappa shape index (κ1) is 13.9. The lowest BCUT2D eigenvalue weighted by atomic mass is 10.2. The molecule has 1 aromatic rings. The van der Waals surface area contributed by atoms with Crippen molar-refractivity contribution in [3.63, 3.8) is 0 Å². The van der Waals surface area contributed by atoms with Crippen molar-refractivity contribution in [3.8, 4) is 0 Å². The molecule has 0 saturated carbocycles. The summed E-state index contributed by atoms with van der Waals surface area (Å²) in [6.45, 7) is 1.50. The molecule has 0 spiro atoms. The molecule has 0 aliphatic carbocycles. The van der Waals surface area contributed by atoms with E-state index in [-0.39, 0.29) is 19.5 Å². The summed E-state index contributed by atoms with van der Waals surface area (Å²) in [4.78, 5) is 9.74. The second-order valence-electron chi connectivity index (χ2n) is 2.86. The Labute approximate surface area is 113 Å². The first-order valence-electron chi connectivity index (χ1n) is 3.74. The summed E-state index contributed by atoms with van der Waals surface area (Å²) < 4.78 is 22.5. The maximum Gasteiger partial charge on any atom is 0.287 e. The molecule has 16 heavy (non-hydrogen) atoms. The second kappa shape index (κ2) is 4.59. The van der Waals surface area contributed by atoms with Crippen LogP contribution in [0.15, 0.2) is 19.9 Å². The average Bonchev–Trinajstić information content (AvgIpc) is 1.97.